The molecule has 2 N–H and O–H groups in total. The van der Waals surface area contributed by atoms with Crippen molar-refractivity contribution in [1.29, 1.82) is 0 Å². The number of benzene rings is 1. The zero-order chi connectivity index (χ0) is 13.5. The molecular weight excluding hydrogens is 242 g/mol. The Hall–Kier alpha value is -1.26. The average molecular weight is 265 g/mol. The van der Waals surface area contributed by atoms with Crippen LogP contribution in [0.2, 0.25) is 0 Å². The van der Waals surface area contributed by atoms with Crippen molar-refractivity contribution in [3.63, 3.8) is 0 Å². The number of aliphatic hydroxyl groups excluding tert-OH is 1. The van der Waals surface area contributed by atoms with Crippen molar-refractivity contribution >= 4 is 0 Å². The Morgan fingerprint density at radius 1 is 1.26 bits per heavy atom. The Bertz CT molecular complexity index is 395. The van der Waals surface area contributed by atoms with Crippen LogP contribution in [0, 0.1) is 5.92 Å². The summed E-state index contributed by atoms with van der Waals surface area (Å²) in [5.41, 5.74) is 1.19. The molecule has 0 fully saturated rings. The lowest BCUT2D eigenvalue weighted by molar-refractivity contribution is 0.260. The van der Waals surface area contributed by atoms with Crippen LogP contribution in [0.4, 0.5) is 0 Å². The van der Waals surface area contributed by atoms with Gasteiger partial charge in [-0.2, -0.15) is 0 Å². The molecule has 4 heteroatoms. The third-order valence-corrected chi connectivity index (χ3v) is 3.26. The van der Waals surface area contributed by atoms with Crippen molar-refractivity contribution in [2.45, 2.75) is 26.3 Å². The molecular formula is C15H23NO3. The van der Waals surface area contributed by atoms with Gasteiger partial charge in [0.15, 0.2) is 11.5 Å². The number of hydrogen-bond donors (Lipinski definition) is 2. The van der Waals surface area contributed by atoms with Gasteiger partial charge in [0.25, 0.3) is 0 Å². The molecule has 0 amide bonds. The summed E-state index contributed by atoms with van der Waals surface area (Å²) in [7, 11) is 0. The first-order valence-corrected chi connectivity index (χ1v) is 6.99. The Labute approximate surface area is 114 Å². The quantitative estimate of drug-likeness (QED) is 0.825. The summed E-state index contributed by atoms with van der Waals surface area (Å²) >= 11 is 0. The predicted molar refractivity (Wildman–Crippen MR) is 74.6 cm³/mol. The highest BCUT2D eigenvalue weighted by Crippen LogP contribution is 2.30. The first-order valence-electron chi connectivity index (χ1n) is 6.99. The topological polar surface area (TPSA) is 50.7 Å². The van der Waals surface area contributed by atoms with E-state index in [1.54, 1.807) is 0 Å². The van der Waals surface area contributed by atoms with Crippen LogP contribution in [0.5, 0.6) is 11.5 Å². The Kier molecular flexibility index (Phi) is 5.48. The zero-order valence-electron chi connectivity index (χ0n) is 11.5. The van der Waals surface area contributed by atoms with Crippen LogP contribution in [0.1, 0.15) is 25.3 Å². The molecule has 0 saturated carbocycles. The summed E-state index contributed by atoms with van der Waals surface area (Å²) in [5.74, 6) is 2.18. The fourth-order valence-electron chi connectivity index (χ4n) is 2.10. The molecule has 1 heterocycles. The van der Waals surface area contributed by atoms with Gasteiger partial charge in [-0.3, -0.25) is 0 Å². The SMILES string of the molecule is CC(CCO)CNCc1ccc2c(c1)OCCCO2. The normalized spacial score (nSPS) is 15.9. The number of rotatable bonds is 6. The number of fused-ring (bicyclic) bond motifs is 1. The van der Waals surface area contributed by atoms with E-state index >= 15 is 0 Å². The second-order valence-corrected chi connectivity index (χ2v) is 5.08. The summed E-state index contributed by atoms with van der Waals surface area (Å²) in [6.07, 6.45) is 1.77. The fourth-order valence-corrected chi connectivity index (χ4v) is 2.10. The van der Waals surface area contributed by atoms with Crippen LogP contribution in [-0.4, -0.2) is 31.5 Å². The maximum Gasteiger partial charge on any atom is 0.161 e. The third kappa shape index (κ3) is 4.40. The van der Waals surface area contributed by atoms with Crippen LogP contribution in [0.25, 0.3) is 0 Å². The monoisotopic (exact) mass is 265 g/mol. The van der Waals surface area contributed by atoms with E-state index in [4.69, 9.17) is 14.6 Å². The molecule has 1 aromatic carbocycles. The Balaban J connectivity index is 1.86. The molecule has 0 aromatic heterocycles. The van der Waals surface area contributed by atoms with Crippen LogP contribution in [0.15, 0.2) is 18.2 Å². The van der Waals surface area contributed by atoms with Gasteiger partial charge < -0.3 is 19.9 Å². The molecule has 1 atom stereocenters. The van der Waals surface area contributed by atoms with Gasteiger partial charge in [-0.15, -0.1) is 0 Å². The van der Waals surface area contributed by atoms with Crippen molar-refractivity contribution in [2.24, 2.45) is 5.92 Å². The molecule has 19 heavy (non-hydrogen) atoms. The van der Waals surface area contributed by atoms with Crippen molar-refractivity contribution in [3.8, 4) is 11.5 Å². The van der Waals surface area contributed by atoms with Gasteiger partial charge in [0.2, 0.25) is 0 Å². The number of aliphatic hydroxyl groups is 1. The highest BCUT2D eigenvalue weighted by atomic mass is 16.5. The van der Waals surface area contributed by atoms with Gasteiger partial charge >= 0.3 is 0 Å². The lowest BCUT2D eigenvalue weighted by Gasteiger charge is -2.12. The largest absolute Gasteiger partial charge is 0.490 e. The van der Waals surface area contributed by atoms with Gasteiger partial charge in [-0.05, 0) is 36.6 Å². The maximum atomic E-state index is 8.85. The fraction of sp³-hybridized carbons (Fsp3) is 0.600. The van der Waals surface area contributed by atoms with Crippen LogP contribution in [-0.2, 0) is 6.54 Å². The highest BCUT2D eigenvalue weighted by Gasteiger charge is 2.10. The molecule has 1 aliphatic rings. The van der Waals surface area contributed by atoms with E-state index in [-0.39, 0.29) is 6.61 Å². The van der Waals surface area contributed by atoms with E-state index in [0.717, 1.165) is 50.6 Å². The molecule has 4 nitrogen and oxygen atoms in total. The van der Waals surface area contributed by atoms with E-state index in [1.807, 2.05) is 12.1 Å². The molecule has 106 valence electrons. The van der Waals surface area contributed by atoms with Crippen molar-refractivity contribution in [2.75, 3.05) is 26.4 Å². The van der Waals surface area contributed by atoms with Crippen LogP contribution >= 0.6 is 0 Å². The third-order valence-electron chi connectivity index (χ3n) is 3.26. The van der Waals surface area contributed by atoms with E-state index in [0.29, 0.717) is 5.92 Å². The first kappa shape index (κ1) is 14.2. The first-order chi connectivity index (χ1) is 9.29. The summed E-state index contributed by atoms with van der Waals surface area (Å²) in [6, 6.07) is 6.09. The minimum Gasteiger partial charge on any atom is -0.490 e. The molecule has 0 aliphatic carbocycles. The average Bonchev–Trinajstić information content (AvgIpc) is 2.63. The maximum absolute atomic E-state index is 8.85. The Morgan fingerprint density at radius 2 is 2.05 bits per heavy atom. The van der Waals surface area contributed by atoms with Gasteiger partial charge in [0.05, 0.1) is 13.2 Å². The molecule has 1 aromatic rings. The summed E-state index contributed by atoms with van der Waals surface area (Å²) in [6.45, 7) is 5.56. The summed E-state index contributed by atoms with van der Waals surface area (Å²) < 4.78 is 11.3. The molecule has 0 radical (unpaired) electrons. The number of hydrogen-bond acceptors (Lipinski definition) is 4. The zero-order valence-corrected chi connectivity index (χ0v) is 11.5. The van der Waals surface area contributed by atoms with Crippen LogP contribution < -0.4 is 14.8 Å². The predicted octanol–water partition coefficient (Wildman–Crippen LogP) is 1.96. The molecule has 0 saturated heterocycles. The molecule has 2 rings (SSSR count). The molecule has 0 spiro atoms. The van der Waals surface area contributed by atoms with Gasteiger partial charge in [0.1, 0.15) is 0 Å². The summed E-state index contributed by atoms with van der Waals surface area (Å²) in [5, 5.41) is 12.3. The van der Waals surface area contributed by atoms with Crippen molar-refractivity contribution in [3.05, 3.63) is 23.8 Å². The number of nitrogens with one attached hydrogen (secondary N) is 1. The van der Waals surface area contributed by atoms with Crippen molar-refractivity contribution in [1.82, 2.24) is 5.32 Å². The van der Waals surface area contributed by atoms with E-state index in [1.165, 1.54) is 5.56 Å². The van der Waals surface area contributed by atoms with Gasteiger partial charge in [-0.1, -0.05) is 13.0 Å². The van der Waals surface area contributed by atoms with E-state index < -0.39 is 0 Å². The lowest BCUT2D eigenvalue weighted by atomic mass is 10.1. The highest BCUT2D eigenvalue weighted by molar-refractivity contribution is 5.43. The molecule has 0 bridgehead atoms. The summed E-state index contributed by atoms with van der Waals surface area (Å²) in [4.78, 5) is 0. The van der Waals surface area contributed by atoms with E-state index in [2.05, 4.69) is 18.3 Å². The second kappa shape index (κ2) is 7.36. The molecule has 1 unspecified atom stereocenters. The minimum absolute atomic E-state index is 0.257. The van der Waals surface area contributed by atoms with Gasteiger partial charge in [-0.25, -0.2) is 0 Å². The lowest BCUT2D eigenvalue weighted by Crippen LogP contribution is -2.21. The minimum atomic E-state index is 0.257. The second-order valence-electron chi connectivity index (χ2n) is 5.08. The smallest absolute Gasteiger partial charge is 0.161 e. The van der Waals surface area contributed by atoms with E-state index in [9.17, 15) is 0 Å². The van der Waals surface area contributed by atoms with Crippen LogP contribution in [0.3, 0.4) is 0 Å². The standard InChI is InChI=1S/C15H23NO3/c1-12(5-6-17)10-16-11-13-3-4-14-15(9-13)19-8-2-7-18-14/h3-4,9,12,16-17H,2,5-8,10-11H2,1H3. The van der Waals surface area contributed by atoms with Crippen molar-refractivity contribution < 1.29 is 14.6 Å². The van der Waals surface area contributed by atoms with Gasteiger partial charge in [0, 0.05) is 19.6 Å². The Morgan fingerprint density at radius 3 is 2.84 bits per heavy atom. The molecule has 1 aliphatic heterocycles. The number of ether oxygens (including phenoxy) is 2.